The Labute approximate surface area is 86.8 Å². The third kappa shape index (κ3) is 2.47. The Morgan fingerprint density at radius 2 is 2.21 bits per heavy atom. The molecule has 0 aromatic rings. The van der Waals surface area contributed by atoms with Crippen molar-refractivity contribution in [2.24, 2.45) is 0 Å². The van der Waals surface area contributed by atoms with Crippen LogP contribution in [-0.2, 0) is 4.74 Å². The molecule has 2 heterocycles. The molecule has 14 heavy (non-hydrogen) atoms. The molecule has 0 bridgehead atoms. The zero-order valence-electron chi connectivity index (χ0n) is 9.33. The van der Waals surface area contributed by atoms with Gasteiger partial charge in [0.25, 0.3) is 0 Å². The second kappa shape index (κ2) is 4.60. The molecule has 0 spiro atoms. The van der Waals surface area contributed by atoms with Gasteiger partial charge in [0.1, 0.15) is 0 Å². The van der Waals surface area contributed by atoms with Crippen LogP contribution in [0.1, 0.15) is 26.2 Å². The smallest absolute Gasteiger partial charge is 0.0619 e. The Morgan fingerprint density at radius 1 is 1.36 bits per heavy atom. The van der Waals surface area contributed by atoms with E-state index in [0.29, 0.717) is 12.1 Å². The van der Waals surface area contributed by atoms with Gasteiger partial charge in [-0.05, 0) is 33.2 Å². The Bertz CT molecular complexity index is 170. The van der Waals surface area contributed by atoms with Gasteiger partial charge in [-0.25, -0.2) is 0 Å². The van der Waals surface area contributed by atoms with Gasteiger partial charge in [0.2, 0.25) is 0 Å². The van der Waals surface area contributed by atoms with Gasteiger partial charge in [-0.3, -0.25) is 0 Å². The molecular weight excluding hydrogens is 176 g/mol. The van der Waals surface area contributed by atoms with Crippen molar-refractivity contribution in [3.05, 3.63) is 0 Å². The van der Waals surface area contributed by atoms with Gasteiger partial charge in [0.05, 0.1) is 6.61 Å². The minimum atomic E-state index is 0.604. The van der Waals surface area contributed by atoms with Crippen LogP contribution >= 0.6 is 0 Å². The number of hydrogen-bond donors (Lipinski definition) is 1. The molecule has 0 aromatic carbocycles. The third-order valence-electron chi connectivity index (χ3n) is 3.52. The molecular formula is C11H22N2O. The first kappa shape index (κ1) is 10.4. The Morgan fingerprint density at radius 3 is 2.79 bits per heavy atom. The summed E-state index contributed by atoms with van der Waals surface area (Å²) in [6.45, 7) is 5.37. The molecule has 3 heteroatoms. The Hall–Kier alpha value is -0.120. The fraction of sp³-hybridized carbons (Fsp3) is 1.00. The van der Waals surface area contributed by atoms with E-state index < -0.39 is 0 Å². The van der Waals surface area contributed by atoms with Crippen molar-refractivity contribution in [3.8, 4) is 0 Å². The van der Waals surface area contributed by atoms with Crippen LogP contribution in [0.2, 0.25) is 0 Å². The average molecular weight is 198 g/mol. The maximum atomic E-state index is 5.47. The molecule has 0 amide bonds. The van der Waals surface area contributed by atoms with Gasteiger partial charge in [-0.15, -0.1) is 0 Å². The van der Waals surface area contributed by atoms with Crippen molar-refractivity contribution in [2.75, 3.05) is 26.8 Å². The van der Waals surface area contributed by atoms with E-state index >= 15 is 0 Å². The van der Waals surface area contributed by atoms with E-state index in [2.05, 4.69) is 24.2 Å². The van der Waals surface area contributed by atoms with Crippen molar-refractivity contribution in [2.45, 2.75) is 44.3 Å². The van der Waals surface area contributed by atoms with Crippen LogP contribution in [0.5, 0.6) is 0 Å². The lowest BCUT2D eigenvalue weighted by Crippen LogP contribution is -2.44. The molecule has 82 valence electrons. The van der Waals surface area contributed by atoms with Crippen molar-refractivity contribution in [1.29, 1.82) is 0 Å². The van der Waals surface area contributed by atoms with E-state index in [1.54, 1.807) is 0 Å². The normalized spacial score (nSPS) is 40.3. The molecule has 1 N–H and O–H groups in total. The lowest BCUT2D eigenvalue weighted by molar-refractivity contribution is 0.0667. The van der Waals surface area contributed by atoms with E-state index in [1.807, 2.05) is 0 Å². The number of hydrogen-bond acceptors (Lipinski definition) is 3. The van der Waals surface area contributed by atoms with Gasteiger partial charge >= 0.3 is 0 Å². The summed E-state index contributed by atoms with van der Waals surface area (Å²) in [6, 6.07) is 2.02. The van der Waals surface area contributed by atoms with E-state index in [4.69, 9.17) is 4.74 Å². The van der Waals surface area contributed by atoms with Gasteiger partial charge in [-0.1, -0.05) is 0 Å². The van der Waals surface area contributed by atoms with E-state index in [1.165, 1.54) is 25.8 Å². The van der Waals surface area contributed by atoms with E-state index in [-0.39, 0.29) is 0 Å². The molecule has 3 nitrogen and oxygen atoms in total. The Balaban J connectivity index is 1.74. The fourth-order valence-corrected chi connectivity index (χ4v) is 2.52. The topological polar surface area (TPSA) is 24.5 Å². The first-order valence-corrected chi connectivity index (χ1v) is 5.79. The van der Waals surface area contributed by atoms with E-state index in [9.17, 15) is 0 Å². The Kier molecular flexibility index (Phi) is 3.42. The molecule has 2 fully saturated rings. The minimum absolute atomic E-state index is 0.604. The highest BCUT2D eigenvalue weighted by Gasteiger charge is 2.28. The summed E-state index contributed by atoms with van der Waals surface area (Å²) in [5, 5.41) is 3.71. The number of rotatable bonds is 2. The van der Waals surface area contributed by atoms with Crippen LogP contribution in [0, 0.1) is 0 Å². The first-order chi connectivity index (χ1) is 6.75. The molecule has 0 radical (unpaired) electrons. The lowest BCUT2D eigenvalue weighted by atomic mass is 10.1. The summed E-state index contributed by atoms with van der Waals surface area (Å²) < 4.78 is 5.47. The summed E-state index contributed by atoms with van der Waals surface area (Å²) in [4.78, 5) is 2.43. The zero-order chi connectivity index (χ0) is 9.97. The van der Waals surface area contributed by atoms with Crippen LogP contribution < -0.4 is 5.32 Å². The highest BCUT2D eigenvalue weighted by molar-refractivity contribution is 4.87. The number of likely N-dealkylation sites (tertiary alicyclic amines) is 1. The molecule has 2 aliphatic rings. The maximum Gasteiger partial charge on any atom is 0.0619 e. The predicted octanol–water partition coefficient (Wildman–Crippen LogP) is 0.848. The highest BCUT2D eigenvalue weighted by Crippen LogP contribution is 2.17. The SMILES string of the molecule is CC1CC(NC2CCCOC2)CN1C. The van der Waals surface area contributed by atoms with Crippen LogP contribution in [0.25, 0.3) is 0 Å². The number of likely N-dealkylation sites (N-methyl/N-ethyl adjacent to an activating group) is 1. The van der Waals surface area contributed by atoms with Crippen LogP contribution in [-0.4, -0.2) is 49.8 Å². The van der Waals surface area contributed by atoms with Crippen LogP contribution in [0.4, 0.5) is 0 Å². The largest absolute Gasteiger partial charge is 0.380 e. The van der Waals surface area contributed by atoms with Crippen LogP contribution in [0.15, 0.2) is 0 Å². The molecule has 2 aliphatic heterocycles. The average Bonchev–Trinajstić information content (AvgIpc) is 2.47. The standard InChI is InChI=1S/C11H22N2O/c1-9-6-11(7-13(9)2)12-10-4-3-5-14-8-10/h9-12H,3-8H2,1-2H3. The summed E-state index contributed by atoms with van der Waals surface area (Å²) in [7, 11) is 2.21. The molecule has 2 saturated heterocycles. The van der Waals surface area contributed by atoms with Crippen molar-refractivity contribution in [3.63, 3.8) is 0 Å². The van der Waals surface area contributed by atoms with Crippen molar-refractivity contribution < 1.29 is 4.74 Å². The molecule has 3 atom stereocenters. The predicted molar refractivity (Wildman–Crippen MR) is 57.5 cm³/mol. The van der Waals surface area contributed by atoms with Gasteiger partial charge in [0, 0.05) is 31.3 Å². The van der Waals surface area contributed by atoms with Gasteiger partial charge < -0.3 is 15.0 Å². The van der Waals surface area contributed by atoms with Gasteiger partial charge in [0.15, 0.2) is 0 Å². The summed E-state index contributed by atoms with van der Waals surface area (Å²) in [5.74, 6) is 0. The molecule has 0 saturated carbocycles. The number of ether oxygens (including phenoxy) is 1. The third-order valence-corrected chi connectivity index (χ3v) is 3.52. The first-order valence-electron chi connectivity index (χ1n) is 5.79. The number of nitrogens with one attached hydrogen (secondary N) is 1. The van der Waals surface area contributed by atoms with E-state index in [0.717, 1.165) is 19.3 Å². The highest BCUT2D eigenvalue weighted by atomic mass is 16.5. The van der Waals surface area contributed by atoms with Gasteiger partial charge in [-0.2, -0.15) is 0 Å². The monoisotopic (exact) mass is 198 g/mol. The second-order valence-electron chi connectivity index (χ2n) is 4.80. The lowest BCUT2D eigenvalue weighted by Gasteiger charge is -2.26. The fourth-order valence-electron chi connectivity index (χ4n) is 2.52. The molecule has 0 aliphatic carbocycles. The molecule has 2 rings (SSSR count). The summed E-state index contributed by atoms with van der Waals surface area (Å²) in [5.41, 5.74) is 0. The quantitative estimate of drug-likeness (QED) is 0.712. The second-order valence-corrected chi connectivity index (χ2v) is 4.80. The maximum absolute atomic E-state index is 5.47. The minimum Gasteiger partial charge on any atom is -0.380 e. The molecule has 0 aromatic heterocycles. The zero-order valence-corrected chi connectivity index (χ0v) is 9.33. The summed E-state index contributed by atoms with van der Waals surface area (Å²) in [6.07, 6.45) is 3.79. The molecule has 3 unspecified atom stereocenters. The van der Waals surface area contributed by atoms with Crippen molar-refractivity contribution in [1.82, 2.24) is 10.2 Å². The van der Waals surface area contributed by atoms with Crippen molar-refractivity contribution >= 4 is 0 Å². The summed E-state index contributed by atoms with van der Waals surface area (Å²) >= 11 is 0. The van der Waals surface area contributed by atoms with Crippen LogP contribution in [0.3, 0.4) is 0 Å². The number of nitrogens with zero attached hydrogens (tertiary/aromatic N) is 1.